The monoisotopic (exact) mass is 389 g/mol. The van der Waals surface area contributed by atoms with Gasteiger partial charge < -0.3 is 10.1 Å². The fraction of sp³-hybridized carbons (Fsp3) is 0.263. The first kappa shape index (κ1) is 18.5. The summed E-state index contributed by atoms with van der Waals surface area (Å²) >= 11 is 7.52. The normalized spacial score (nSPS) is 10.8. The average molecular weight is 390 g/mol. The summed E-state index contributed by atoms with van der Waals surface area (Å²) in [5, 5.41) is 9.67. The van der Waals surface area contributed by atoms with Crippen LogP contribution >= 0.6 is 22.9 Å². The molecular formula is C19H20ClN3O2S. The van der Waals surface area contributed by atoms with Crippen LogP contribution in [0.15, 0.2) is 35.7 Å². The molecule has 0 saturated carbocycles. The van der Waals surface area contributed by atoms with Crippen molar-refractivity contribution in [2.45, 2.75) is 33.9 Å². The third-order valence-corrected chi connectivity index (χ3v) is 5.17. The molecule has 3 rings (SSSR count). The smallest absolute Gasteiger partial charge is 0.266 e. The molecule has 2 aromatic heterocycles. The fourth-order valence-electron chi connectivity index (χ4n) is 2.52. The highest BCUT2D eigenvalue weighted by Gasteiger charge is 2.13. The molecule has 0 aliphatic rings. The second-order valence-electron chi connectivity index (χ2n) is 5.98. The van der Waals surface area contributed by atoms with E-state index in [1.807, 2.05) is 61.2 Å². The molecule has 5 nitrogen and oxygen atoms in total. The van der Waals surface area contributed by atoms with Crippen molar-refractivity contribution >= 4 is 34.7 Å². The van der Waals surface area contributed by atoms with Crippen molar-refractivity contribution in [3.8, 4) is 5.75 Å². The van der Waals surface area contributed by atoms with Crippen molar-refractivity contribution in [3.63, 3.8) is 0 Å². The molecule has 1 N–H and O–H groups in total. The minimum Gasteiger partial charge on any atom is -0.487 e. The third kappa shape index (κ3) is 4.26. The summed E-state index contributed by atoms with van der Waals surface area (Å²) in [5.41, 5.74) is 3.02. The van der Waals surface area contributed by atoms with E-state index in [4.69, 9.17) is 16.3 Å². The number of carbonyl (C=O) groups excluding carboxylic acids is 1. The lowest BCUT2D eigenvalue weighted by atomic mass is 10.2. The number of benzene rings is 1. The lowest BCUT2D eigenvalue weighted by Crippen LogP contribution is -2.11. The molecular weight excluding hydrogens is 370 g/mol. The van der Waals surface area contributed by atoms with Gasteiger partial charge in [-0.25, -0.2) is 0 Å². The Kier molecular flexibility index (Phi) is 5.64. The van der Waals surface area contributed by atoms with Crippen molar-refractivity contribution in [1.29, 1.82) is 0 Å². The van der Waals surface area contributed by atoms with Gasteiger partial charge >= 0.3 is 0 Å². The van der Waals surface area contributed by atoms with Gasteiger partial charge in [-0.1, -0.05) is 17.7 Å². The highest BCUT2D eigenvalue weighted by atomic mass is 35.5. The Morgan fingerprint density at radius 1 is 1.31 bits per heavy atom. The average Bonchev–Trinajstić information content (AvgIpc) is 3.22. The molecule has 7 heteroatoms. The lowest BCUT2D eigenvalue weighted by molar-refractivity contribution is 0.103. The SMILES string of the molecule is CCn1nc(NC(=O)c2cc(COc3cc(C)ccc3Cl)cs2)cc1C. The van der Waals surface area contributed by atoms with E-state index >= 15 is 0 Å². The number of thiophene rings is 1. The van der Waals surface area contributed by atoms with E-state index in [0.29, 0.717) is 28.1 Å². The summed E-state index contributed by atoms with van der Waals surface area (Å²) < 4.78 is 7.62. The van der Waals surface area contributed by atoms with Crippen LogP contribution in [0.2, 0.25) is 5.02 Å². The van der Waals surface area contributed by atoms with Crippen molar-refractivity contribution in [1.82, 2.24) is 9.78 Å². The van der Waals surface area contributed by atoms with E-state index < -0.39 is 0 Å². The van der Waals surface area contributed by atoms with Crippen molar-refractivity contribution in [3.05, 3.63) is 62.4 Å². The molecule has 0 spiro atoms. The van der Waals surface area contributed by atoms with E-state index in [0.717, 1.165) is 23.4 Å². The standard InChI is InChI=1S/C19H20ClN3O2S/c1-4-23-13(3)8-18(22-23)21-19(24)17-9-14(11-26-17)10-25-16-7-12(2)5-6-15(16)20/h5-9,11H,4,10H2,1-3H3,(H,21,22,24). The number of amides is 1. The highest BCUT2D eigenvalue weighted by Crippen LogP contribution is 2.27. The molecule has 0 saturated heterocycles. The van der Waals surface area contributed by atoms with Crippen LogP contribution in [0, 0.1) is 13.8 Å². The first-order valence-electron chi connectivity index (χ1n) is 8.28. The number of hydrogen-bond acceptors (Lipinski definition) is 4. The Morgan fingerprint density at radius 3 is 2.85 bits per heavy atom. The van der Waals surface area contributed by atoms with Gasteiger partial charge in [0, 0.05) is 23.9 Å². The molecule has 1 amide bonds. The fourth-order valence-corrected chi connectivity index (χ4v) is 3.49. The number of hydrogen-bond donors (Lipinski definition) is 1. The van der Waals surface area contributed by atoms with E-state index in [1.165, 1.54) is 11.3 Å². The van der Waals surface area contributed by atoms with E-state index in [-0.39, 0.29) is 5.91 Å². The molecule has 1 aromatic carbocycles. The molecule has 26 heavy (non-hydrogen) atoms. The summed E-state index contributed by atoms with van der Waals surface area (Å²) in [6.07, 6.45) is 0. The molecule has 3 aromatic rings. The van der Waals surface area contributed by atoms with Gasteiger partial charge in [0.15, 0.2) is 5.82 Å². The Balaban J connectivity index is 1.63. The molecule has 2 heterocycles. The van der Waals surface area contributed by atoms with Crippen molar-refractivity contribution < 1.29 is 9.53 Å². The molecule has 136 valence electrons. The minimum absolute atomic E-state index is 0.171. The number of carbonyl (C=O) groups is 1. The van der Waals surface area contributed by atoms with Gasteiger partial charge in [0.2, 0.25) is 0 Å². The molecule has 0 atom stereocenters. The zero-order valence-corrected chi connectivity index (χ0v) is 16.4. The van der Waals surface area contributed by atoms with E-state index in [2.05, 4.69) is 10.4 Å². The van der Waals surface area contributed by atoms with Crippen LogP contribution in [0.5, 0.6) is 5.75 Å². The molecule has 0 radical (unpaired) electrons. The molecule has 0 fully saturated rings. The van der Waals surface area contributed by atoms with Gasteiger partial charge in [-0.2, -0.15) is 5.10 Å². The number of nitrogens with zero attached hydrogens (tertiary/aromatic N) is 2. The first-order valence-corrected chi connectivity index (χ1v) is 9.54. The van der Waals surface area contributed by atoms with E-state index in [1.54, 1.807) is 0 Å². The largest absolute Gasteiger partial charge is 0.487 e. The Labute approximate surface area is 161 Å². The van der Waals surface area contributed by atoms with Gasteiger partial charge in [-0.05, 0) is 49.9 Å². The van der Waals surface area contributed by atoms with Gasteiger partial charge in [0.05, 0.1) is 9.90 Å². The zero-order valence-electron chi connectivity index (χ0n) is 14.9. The number of ether oxygens (including phenoxy) is 1. The summed E-state index contributed by atoms with van der Waals surface area (Å²) in [6.45, 7) is 7.08. The number of nitrogens with one attached hydrogen (secondary N) is 1. The highest BCUT2D eigenvalue weighted by molar-refractivity contribution is 7.12. The Hall–Kier alpha value is -2.31. The predicted molar refractivity (Wildman–Crippen MR) is 105 cm³/mol. The van der Waals surface area contributed by atoms with Gasteiger partial charge in [0.1, 0.15) is 12.4 Å². The van der Waals surface area contributed by atoms with Gasteiger partial charge in [-0.15, -0.1) is 11.3 Å². The van der Waals surface area contributed by atoms with Crippen LogP contribution in [0.1, 0.15) is 33.4 Å². The van der Waals surface area contributed by atoms with E-state index in [9.17, 15) is 4.79 Å². The lowest BCUT2D eigenvalue weighted by Gasteiger charge is -2.07. The van der Waals surface area contributed by atoms with Crippen LogP contribution < -0.4 is 10.1 Å². The maximum atomic E-state index is 12.4. The first-order chi connectivity index (χ1) is 12.5. The molecule has 0 bridgehead atoms. The van der Waals surface area contributed by atoms with Crippen LogP contribution in [0.3, 0.4) is 0 Å². The Morgan fingerprint density at radius 2 is 2.12 bits per heavy atom. The van der Waals surface area contributed by atoms with Crippen LogP contribution in [0.4, 0.5) is 5.82 Å². The Bertz CT molecular complexity index is 933. The van der Waals surface area contributed by atoms with Crippen LogP contribution in [-0.2, 0) is 13.2 Å². The summed E-state index contributed by atoms with van der Waals surface area (Å²) in [6, 6.07) is 9.33. The number of rotatable bonds is 6. The maximum Gasteiger partial charge on any atom is 0.266 e. The second kappa shape index (κ2) is 7.93. The molecule has 0 aliphatic heterocycles. The summed E-state index contributed by atoms with van der Waals surface area (Å²) in [7, 11) is 0. The molecule has 0 aliphatic carbocycles. The topological polar surface area (TPSA) is 56.2 Å². The predicted octanol–water partition coefficient (Wildman–Crippen LogP) is 5.07. The van der Waals surface area contributed by atoms with Crippen molar-refractivity contribution in [2.75, 3.05) is 5.32 Å². The van der Waals surface area contributed by atoms with Gasteiger partial charge in [0.25, 0.3) is 5.91 Å². The second-order valence-corrected chi connectivity index (χ2v) is 7.30. The quantitative estimate of drug-likeness (QED) is 0.640. The van der Waals surface area contributed by atoms with Crippen LogP contribution in [0.25, 0.3) is 0 Å². The summed E-state index contributed by atoms with van der Waals surface area (Å²) in [5.74, 6) is 1.03. The van der Waals surface area contributed by atoms with Crippen LogP contribution in [-0.4, -0.2) is 15.7 Å². The van der Waals surface area contributed by atoms with Crippen molar-refractivity contribution in [2.24, 2.45) is 0 Å². The number of aryl methyl sites for hydroxylation is 3. The maximum absolute atomic E-state index is 12.4. The summed E-state index contributed by atoms with van der Waals surface area (Å²) in [4.78, 5) is 13.0. The van der Waals surface area contributed by atoms with Gasteiger partial charge in [-0.3, -0.25) is 9.48 Å². The number of halogens is 1. The number of anilines is 1. The zero-order chi connectivity index (χ0) is 18.7. The molecule has 0 unspecified atom stereocenters. The number of aromatic nitrogens is 2. The third-order valence-electron chi connectivity index (χ3n) is 3.88. The minimum atomic E-state index is -0.171.